The fourth-order valence-electron chi connectivity index (χ4n) is 2.56. The van der Waals surface area contributed by atoms with Crippen molar-refractivity contribution in [1.82, 2.24) is 9.97 Å². The Balaban J connectivity index is 2.13. The highest BCUT2D eigenvalue weighted by molar-refractivity contribution is 7.11. The Bertz CT molecular complexity index is 689. The maximum atomic E-state index is 10.5. The number of fused-ring (bicyclic) bond motifs is 1. The molecule has 1 saturated heterocycles. The van der Waals surface area contributed by atoms with Gasteiger partial charge in [-0.15, -0.1) is 11.3 Å². The van der Waals surface area contributed by atoms with E-state index in [1.165, 1.54) is 18.3 Å². The number of thiophene rings is 1. The molecule has 0 aromatic carbocycles. The Morgan fingerprint density at radius 1 is 1.43 bits per heavy atom. The Morgan fingerprint density at radius 3 is 2.76 bits per heavy atom. The number of nitrogens with two attached hydrogens (primary N) is 2. The van der Waals surface area contributed by atoms with Crippen LogP contribution in [0.15, 0.2) is 5.38 Å². The molecule has 0 spiro atoms. The van der Waals surface area contributed by atoms with Crippen LogP contribution in [-0.4, -0.2) is 49.7 Å². The topological polar surface area (TPSA) is 148 Å². The fourth-order valence-corrected chi connectivity index (χ4v) is 3.72. The van der Waals surface area contributed by atoms with Gasteiger partial charge in [-0.25, -0.2) is 4.98 Å². The lowest BCUT2D eigenvalue weighted by atomic mass is 9.92. The van der Waals surface area contributed by atoms with Crippen LogP contribution in [0.4, 0.5) is 11.8 Å². The standard InChI is InChI=1S/C12H16N4O4S/c1-12(19)8(18)5(2-17)20-9(12)7-6-4(3-21-7)10(13)16-11(14)15-6/h3,5,8-9,17-19H,2H2,1H3,(H4,13,14,15,16). The molecule has 3 heterocycles. The zero-order valence-electron chi connectivity index (χ0n) is 11.2. The second-order valence-corrected chi connectivity index (χ2v) is 6.15. The van der Waals surface area contributed by atoms with Crippen LogP contribution in [-0.2, 0) is 4.74 Å². The van der Waals surface area contributed by atoms with E-state index in [-0.39, 0.29) is 11.8 Å². The van der Waals surface area contributed by atoms with E-state index in [1.807, 2.05) is 0 Å². The normalized spacial score (nSPS) is 32.9. The number of ether oxygens (including phenoxy) is 1. The summed E-state index contributed by atoms with van der Waals surface area (Å²) in [6, 6.07) is 0. The summed E-state index contributed by atoms with van der Waals surface area (Å²) < 4.78 is 5.59. The molecule has 1 aliphatic rings. The first-order chi connectivity index (χ1) is 9.86. The number of hydrogen-bond donors (Lipinski definition) is 5. The van der Waals surface area contributed by atoms with Crippen molar-refractivity contribution in [3.8, 4) is 0 Å². The third kappa shape index (κ3) is 2.05. The van der Waals surface area contributed by atoms with Crippen LogP contribution >= 0.6 is 11.3 Å². The fraction of sp³-hybridized carbons (Fsp3) is 0.500. The number of nitrogens with zero attached hydrogens (tertiary/aromatic N) is 2. The summed E-state index contributed by atoms with van der Waals surface area (Å²) in [4.78, 5) is 8.62. The predicted octanol–water partition coefficient (Wildman–Crippen LogP) is -0.600. The van der Waals surface area contributed by atoms with Crippen molar-refractivity contribution in [3.63, 3.8) is 0 Å². The number of anilines is 2. The summed E-state index contributed by atoms with van der Waals surface area (Å²) in [5.74, 6) is 0.272. The monoisotopic (exact) mass is 312 g/mol. The minimum Gasteiger partial charge on any atom is -0.394 e. The molecule has 0 aliphatic carbocycles. The van der Waals surface area contributed by atoms with Gasteiger partial charge in [0.25, 0.3) is 0 Å². The van der Waals surface area contributed by atoms with Gasteiger partial charge in [0.05, 0.1) is 22.4 Å². The number of nitrogen functional groups attached to an aromatic ring is 2. The quantitative estimate of drug-likeness (QED) is 0.493. The van der Waals surface area contributed by atoms with Crippen molar-refractivity contribution in [2.75, 3.05) is 18.1 Å². The van der Waals surface area contributed by atoms with Crippen molar-refractivity contribution < 1.29 is 20.1 Å². The smallest absolute Gasteiger partial charge is 0.222 e. The van der Waals surface area contributed by atoms with Crippen LogP contribution < -0.4 is 11.5 Å². The van der Waals surface area contributed by atoms with E-state index in [0.29, 0.717) is 15.8 Å². The highest BCUT2D eigenvalue weighted by Gasteiger charge is 2.53. The second kappa shape index (κ2) is 4.75. The molecule has 2 aromatic rings. The molecule has 1 aliphatic heterocycles. The van der Waals surface area contributed by atoms with Crippen LogP contribution in [0, 0.1) is 0 Å². The Kier molecular flexibility index (Phi) is 3.26. The van der Waals surface area contributed by atoms with Crippen LogP contribution in [0.25, 0.3) is 10.9 Å². The van der Waals surface area contributed by atoms with E-state index in [1.54, 1.807) is 5.38 Å². The molecule has 3 rings (SSSR count). The van der Waals surface area contributed by atoms with Crippen LogP contribution in [0.5, 0.6) is 0 Å². The van der Waals surface area contributed by atoms with E-state index in [4.69, 9.17) is 16.2 Å². The highest BCUT2D eigenvalue weighted by atomic mass is 32.1. The summed E-state index contributed by atoms with van der Waals surface area (Å²) in [7, 11) is 0. The first-order valence-electron chi connectivity index (χ1n) is 6.33. The van der Waals surface area contributed by atoms with Crippen molar-refractivity contribution >= 4 is 34.0 Å². The largest absolute Gasteiger partial charge is 0.394 e. The van der Waals surface area contributed by atoms with E-state index in [9.17, 15) is 15.3 Å². The van der Waals surface area contributed by atoms with Gasteiger partial charge >= 0.3 is 0 Å². The van der Waals surface area contributed by atoms with Crippen LogP contribution in [0.2, 0.25) is 0 Å². The molecule has 4 atom stereocenters. The molecular weight excluding hydrogens is 296 g/mol. The maximum absolute atomic E-state index is 10.5. The minimum atomic E-state index is -1.56. The van der Waals surface area contributed by atoms with Crippen molar-refractivity contribution in [2.45, 2.75) is 30.8 Å². The molecule has 4 unspecified atom stereocenters. The Morgan fingerprint density at radius 2 is 2.14 bits per heavy atom. The molecule has 21 heavy (non-hydrogen) atoms. The van der Waals surface area contributed by atoms with Gasteiger partial charge in [-0.3, -0.25) is 0 Å². The average Bonchev–Trinajstić information content (AvgIpc) is 2.91. The summed E-state index contributed by atoms with van der Waals surface area (Å²) in [5, 5.41) is 32.2. The molecule has 2 aromatic heterocycles. The van der Waals surface area contributed by atoms with Gasteiger partial charge in [-0.1, -0.05) is 0 Å². The van der Waals surface area contributed by atoms with Crippen molar-refractivity contribution in [2.24, 2.45) is 0 Å². The first kappa shape index (κ1) is 14.4. The number of hydrogen-bond acceptors (Lipinski definition) is 9. The van der Waals surface area contributed by atoms with Gasteiger partial charge < -0.3 is 31.5 Å². The maximum Gasteiger partial charge on any atom is 0.222 e. The lowest BCUT2D eigenvalue weighted by Gasteiger charge is -2.25. The third-order valence-corrected chi connectivity index (χ3v) is 4.76. The lowest BCUT2D eigenvalue weighted by Crippen LogP contribution is -2.42. The van der Waals surface area contributed by atoms with E-state index < -0.39 is 30.5 Å². The van der Waals surface area contributed by atoms with Crippen LogP contribution in [0.3, 0.4) is 0 Å². The van der Waals surface area contributed by atoms with Crippen LogP contribution in [0.1, 0.15) is 17.9 Å². The van der Waals surface area contributed by atoms with Gasteiger partial charge in [0.2, 0.25) is 5.95 Å². The summed E-state index contributed by atoms with van der Waals surface area (Å²) >= 11 is 1.28. The van der Waals surface area contributed by atoms with Crippen molar-refractivity contribution in [1.29, 1.82) is 0 Å². The molecule has 9 heteroatoms. The molecule has 0 radical (unpaired) electrons. The number of rotatable bonds is 2. The molecule has 7 N–H and O–H groups in total. The predicted molar refractivity (Wildman–Crippen MR) is 77.6 cm³/mol. The zero-order valence-corrected chi connectivity index (χ0v) is 12.0. The SMILES string of the molecule is CC1(O)C(c2scc3c(N)nc(N)nc23)OC(CO)C1O. The molecular formula is C12H16N4O4S. The number of aliphatic hydroxyl groups is 3. The van der Waals surface area contributed by atoms with Gasteiger partial charge in [-0.05, 0) is 6.92 Å². The van der Waals surface area contributed by atoms with E-state index in [0.717, 1.165) is 0 Å². The van der Waals surface area contributed by atoms with Gasteiger partial charge in [0.15, 0.2) is 0 Å². The van der Waals surface area contributed by atoms with Gasteiger partial charge in [0.1, 0.15) is 29.7 Å². The van der Waals surface area contributed by atoms with E-state index in [2.05, 4.69) is 9.97 Å². The molecule has 114 valence electrons. The third-order valence-electron chi connectivity index (χ3n) is 3.74. The minimum absolute atomic E-state index is 0.0246. The zero-order chi connectivity index (χ0) is 15.4. The highest BCUT2D eigenvalue weighted by Crippen LogP contribution is 2.46. The second-order valence-electron chi connectivity index (χ2n) is 5.24. The lowest BCUT2D eigenvalue weighted by molar-refractivity contribution is -0.0630. The number of aromatic nitrogens is 2. The summed E-state index contributed by atoms with van der Waals surface area (Å²) in [6.45, 7) is 1.06. The van der Waals surface area contributed by atoms with Crippen molar-refractivity contribution in [3.05, 3.63) is 10.3 Å². The van der Waals surface area contributed by atoms with Gasteiger partial charge in [-0.2, -0.15) is 4.98 Å². The van der Waals surface area contributed by atoms with E-state index >= 15 is 0 Å². The molecule has 0 bridgehead atoms. The molecule has 0 saturated carbocycles. The van der Waals surface area contributed by atoms with Gasteiger partial charge in [0, 0.05) is 5.38 Å². The summed E-state index contributed by atoms with van der Waals surface area (Å²) in [5.41, 5.74) is 10.3. The Hall–Kier alpha value is -1.52. The first-order valence-corrected chi connectivity index (χ1v) is 7.21. The molecule has 0 amide bonds. The number of aliphatic hydroxyl groups excluding tert-OH is 2. The summed E-state index contributed by atoms with van der Waals surface area (Å²) in [6.07, 6.45) is -2.90. The Labute approximate surface area is 124 Å². The average molecular weight is 312 g/mol. The molecule has 8 nitrogen and oxygen atoms in total. The molecule has 1 fully saturated rings.